The van der Waals surface area contributed by atoms with Crippen molar-refractivity contribution >= 4 is 0 Å². The number of nitrogens with one attached hydrogen (secondary N) is 1. The molecule has 1 heterocycles. The fourth-order valence-corrected chi connectivity index (χ4v) is 0.801. The zero-order valence-electron chi connectivity index (χ0n) is 11.9. The summed E-state index contributed by atoms with van der Waals surface area (Å²) in [6.07, 6.45) is 1.48. The van der Waals surface area contributed by atoms with Crippen molar-refractivity contribution in [2.24, 2.45) is 0 Å². The maximum absolute atomic E-state index is 3.75. The molecule has 0 fully saturated rings. The first-order valence-electron chi connectivity index (χ1n) is 6.12. The lowest BCUT2D eigenvalue weighted by molar-refractivity contribution is 1.04. The Bertz CT molecular complexity index is 314. The van der Waals surface area contributed by atoms with Crippen molar-refractivity contribution in [2.75, 3.05) is 0 Å². The van der Waals surface area contributed by atoms with Gasteiger partial charge in [0.15, 0.2) is 0 Å². The minimum Gasteiger partial charge on any atom is -0.264 e. The molecule has 3 heteroatoms. The molecule has 3 nitrogen and oxygen atoms in total. The third kappa shape index (κ3) is 12.3. The van der Waals surface area contributed by atoms with Gasteiger partial charge in [0.1, 0.15) is 12.2 Å². The fraction of sp³-hybridized carbons (Fsp3) is 0.429. The zero-order valence-corrected chi connectivity index (χ0v) is 11.9. The van der Waals surface area contributed by atoms with E-state index in [0.717, 1.165) is 5.82 Å². The molecule has 0 amide bonds. The second kappa shape index (κ2) is 14.4. The maximum atomic E-state index is 3.75. The highest BCUT2D eigenvalue weighted by Gasteiger charge is 1.75. The van der Waals surface area contributed by atoms with Crippen molar-refractivity contribution in [1.82, 2.24) is 15.2 Å². The summed E-state index contributed by atoms with van der Waals surface area (Å²) in [7, 11) is 0. The van der Waals surface area contributed by atoms with Crippen LogP contribution in [0.15, 0.2) is 36.7 Å². The van der Waals surface area contributed by atoms with E-state index in [1.54, 1.807) is 0 Å². The van der Waals surface area contributed by atoms with Crippen LogP contribution >= 0.6 is 0 Å². The number of H-pyrrole nitrogens is 1. The van der Waals surface area contributed by atoms with Crippen molar-refractivity contribution in [3.05, 3.63) is 48.0 Å². The van der Waals surface area contributed by atoms with Gasteiger partial charge in [0, 0.05) is 0 Å². The lowest BCUT2D eigenvalue weighted by Crippen LogP contribution is -1.68. The Hall–Kier alpha value is -1.64. The Kier molecular flexibility index (Phi) is 15.0. The summed E-state index contributed by atoms with van der Waals surface area (Å²) in [5.41, 5.74) is 1.32. The zero-order chi connectivity index (χ0) is 13.5. The molecule has 0 aliphatic carbocycles. The second-order valence-electron chi connectivity index (χ2n) is 2.73. The molecule has 1 aromatic carbocycles. The normalized spacial score (nSPS) is 7.41. The molecule has 1 aromatic heterocycles. The summed E-state index contributed by atoms with van der Waals surface area (Å²) in [6, 6.07) is 10.3. The summed E-state index contributed by atoms with van der Waals surface area (Å²) >= 11 is 0. The van der Waals surface area contributed by atoms with Gasteiger partial charge in [-0.3, -0.25) is 5.10 Å². The van der Waals surface area contributed by atoms with E-state index in [9.17, 15) is 0 Å². The molecule has 1 N–H and O–H groups in total. The third-order valence-corrected chi connectivity index (χ3v) is 1.48. The van der Waals surface area contributed by atoms with Gasteiger partial charge in [-0.15, -0.1) is 0 Å². The number of rotatable bonds is 0. The number of hydrogen-bond donors (Lipinski definition) is 1. The SMILES string of the molecule is CC.CC.Cc1ccccc1.Cc1ncn[nH]1. The highest BCUT2D eigenvalue weighted by molar-refractivity contribution is 5.11. The van der Waals surface area contributed by atoms with Crippen LogP contribution in [0.2, 0.25) is 0 Å². The van der Waals surface area contributed by atoms with Crippen molar-refractivity contribution in [1.29, 1.82) is 0 Å². The van der Waals surface area contributed by atoms with E-state index in [0.29, 0.717) is 0 Å². The summed E-state index contributed by atoms with van der Waals surface area (Å²) in [5.74, 6) is 0.856. The summed E-state index contributed by atoms with van der Waals surface area (Å²) in [5, 5.41) is 6.22. The van der Waals surface area contributed by atoms with Crippen LogP contribution in [0.25, 0.3) is 0 Å². The number of hydrogen-bond acceptors (Lipinski definition) is 2. The smallest absolute Gasteiger partial charge is 0.137 e. The van der Waals surface area contributed by atoms with Crippen LogP contribution in [-0.4, -0.2) is 15.2 Å². The fourth-order valence-electron chi connectivity index (χ4n) is 0.801. The van der Waals surface area contributed by atoms with Gasteiger partial charge < -0.3 is 0 Å². The van der Waals surface area contributed by atoms with E-state index >= 15 is 0 Å². The van der Waals surface area contributed by atoms with Crippen LogP contribution in [0.4, 0.5) is 0 Å². The molecule has 0 saturated heterocycles. The van der Waals surface area contributed by atoms with Crippen LogP contribution in [0.1, 0.15) is 39.1 Å². The van der Waals surface area contributed by atoms with Crippen molar-refractivity contribution in [3.8, 4) is 0 Å². The average Bonchev–Trinajstić information content (AvgIpc) is 2.87. The molecular formula is C14H25N3. The molecule has 2 aromatic rings. The predicted octanol–water partition coefficient (Wildman–Crippen LogP) is 4.16. The Morgan fingerprint density at radius 2 is 1.41 bits per heavy atom. The largest absolute Gasteiger partial charge is 0.264 e. The van der Waals surface area contributed by atoms with Crippen LogP contribution in [-0.2, 0) is 0 Å². The second-order valence-corrected chi connectivity index (χ2v) is 2.73. The summed E-state index contributed by atoms with van der Waals surface area (Å²) in [6.45, 7) is 11.9. The number of benzene rings is 1. The van der Waals surface area contributed by atoms with E-state index in [4.69, 9.17) is 0 Å². The van der Waals surface area contributed by atoms with E-state index in [1.807, 2.05) is 52.8 Å². The number of aryl methyl sites for hydroxylation is 2. The van der Waals surface area contributed by atoms with Crippen LogP contribution < -0.4 is 0 Å². The van der Waals surface area contributed by atoms with Crippen LogP contribution in [0.3, 0.4) is 0 Å². The van der Waals surface area contributed by atoms with Crippen molar-refractivity contribution in [3.63, 3.8) is 0 Å². The molecule has 0 unspecified atom stereocenters. The maximum Gasteiger partial charge on any atom is 0.137 e. The topological polar surface area (TPSA) is 41.6 Å². The lowest BCUT2D eigenvalue weighted by atomic mass is 10.2. The van der Waals surface area contributed by atoms with Gasteiger partial charge in [0.2, 0.25) is 0 Å². The van der Waals surface area contributed by atoms with Gasteiger partial charge >= 0.3 is 0 Å². The van der Waals surface area contributed by atoms with Crippen molar-refractivity contribution in [2.45, 2.75) is 41.5 Å². The molecule has 2 rings (SSSR count). The molecule has 0 saturated carbocycles. The van der Waals surface area contributed by atoms with Gasteiger partial charge in [0.25, 0.3) is 0 Å². The van der Waals surface area contributed by atoms with E-state index in [-0.39, 0.29) is 0 Å². The Morgan fingerprint density at radius 1 is 0.882 bits per heavy atom. The molecule has 0 radical (unpaired) electrons. The monoisotopic (exact) mass is 235 g/mol. The summed E-state index contributed by atoms with van der Waals surface area (Å²) < 4.78 is 0. The van der Waals surface area contributed by atoms with Gasteiger partial charge in [-0.25, -0.2) is 4.98 Å². The van der Waals surface area contributed by atoms with E-state index < -0.39 is 0 Å². The van der Waals surface area contributed by atoms with Gasteiger partial charge in [0.05, 0.1) is 0 Å². The first-order chi connectivity index (χ1) is 8.29. The van der Waals surface area contributed by atoms with E-state index in [2.05, 4.69) is 34.2 Å². The molecular weight excluding hydrogens is 210 g/mol. The molecule has 0 aliphatic heterocycles. The molecule has 0 atom stereocenters. The first kappa shape index (κ1) is 17.7. The number of aromatic amines is 1. The number of aromatic nitrogens is 3. The quantitative estimate of drug-likeness (QED) is 0.745. The molecule has 0 spiro atoms. The molecule has 96 valence electrons. The highest BCUT2D eigenvalue weighted by atomic mass is 15.2. The predicted molar refractivity (Wildman–Crippen MR) is 75.0 cm³/mol. The van der Waals surface area contributed by atoms with Gasteiger partial charge in [-0.05, 0) is 13.8 Å². The highest BCUT2D eigenvalue weighted by Crippen LogP contribution is 1.92. The summed E-state index contributed by atoms with van der Waals surface area (Å²) in [4.78, 5) is 3.75. The average molecular weight is 235 g/mol. The van der Waals surface area contributed by atoms with Crippen molar-refractivity contribution < 1.29 is 0 Å². The standard InChI is InChI=1S/C7H8.C3H5N3.2C2H6/c1-7-5-3-2-4-6-7;1-3-4-2-5-6-3;2*1-2/h2-6H,1H3;2H,1H3,(H,4,5,6);2*1-2H3. The minimum absolute atomic E-state index is 0.856. The minimum atomic E-state index is 0.856. The molecule has 0 aliphatic rings. The number of nitrogens with zero attached hydrogens (tertiary/aromatic N) is 2. The van der Waals surface area contributed by atoms with Gasteiger partial charge in [-0.2, -0.15) is 5.10 Å². The van der Waals surface area contributed by atoms with Crippen LogP contribution in [0, 0.1) is 13.8 Å². The van der Waals surface area contributed by atoms with E-state index in [1.165, 1.54) is 11.9 Å². The Labute approximate surface area is 105 Å². The Morgan fingerprint density at radius 3 is 1.59 bits per heavy atom. The third-order valence-electron chi connectivity index (χ3n) is 1.48. The van der Waals surface area contributed by atoms with Gasteiger partial charge in [-0.1, -0.05) is 63.6 Å². The first-order valence-corrected chi connectivity index (χ1v) is 6.12. The molecule has 0 bridgehead atoms. The lowest BCUT2D eigenvalue weighted by Gasteiger charge is -1.82. The van der Waals surface area contributed by atoms with Crippen LogP contribution in [0.5, 0.6) is 0 Å². The Balaban J connectivity index is 0. The molecule has 17 heavy (non-hydrogen) atoms.